The summed E-state index contributed by atoms with van der Waals surface area (Å²) in [4.78, 5) is 0. The summed E-state index contributed by atoms with van der Waals surface area (Å²) in [5, 5.41) is 0. The van der Waals surface area contributed by atoms with Crippen molar-refractivity contribution in [1.82, 2.24) is 5.43 Å². The zero-order valence-electron chi connectivity index (χ0n) is 13.0. The summed E-state index contributed by atoms with van der Waals surface area (Å²) in [6, 6.07) is 0.418. The molecule has 0 bridgehead atoms. The molecule has 0 radical (unpaired) electrons. The van der Waals surface area contributed by atoms with Gasteiger partial charge in [-0.2, -0.15) is 11.8 Å². The van der Waals surface area contributed by atoms with Gasteiger partial charge in [0.15, 0.2) is 0 Å². The Hall–Kier alpha value is 0.190. The number of hydrogen-bond acceptors (Lipinski definition) is 5. The molecule has 3 aliphatic heterocycles. The fourth-order valence-corrected chi connectivity index (χ4v) is 5.51. The van der Waals surface area contributed by atoms with Crippen LogP contribution in [0.2, 0.25) is 0 Å². The minimum atomic E-state index is 0.157. The van der Waals surface area contributed by atoms with E-state index in [1.807, 2.05) is 11.8 Å². The van der Waals surface area contributed by atoms with Crippen molar-refractivity contribution in [2.75, 3.05) is 24.7 Å². The van der Waals surface area contributed by atoms with Gasteiger partial charge in [-0.25, -0.2) is 0 Å². The van der Waals surface area contributed by atoms with Crippen molar-refractivity contribution in [2.24, 2.45) is 11.8 Å². The predicted octanol–water partition coefficient (Wildman–Crippen LogP) is 2.47. The van der Waals surface area contributed by atoms with Crippen molar-refractivity contribution >= 4 is 11.8 Å². The van der Waals surface area contributed by atoms with E-state index in [4.69, 9.17) is 15.3 Å². The molecule has 0 aromatic heterocycles. The van der Waals surface area contributed by atoms with E-state index in [2.05, 4.69) is 5.43 Å². The quantitative estimate of drug-likeness (QED) is 0.603. The molecule has 4 unspecified atom stereocenters. The highest BCUT2D eigenvalue weighted by Crippen LogP contribution is 2.41. The van der Waals surface area contributed by atoms with Gasteiger partial charge in [0.1, 0.15) is 0 Å². The number of nitrogens with two attached hydrogens (primary N) is 1. The number of rotatable bonds is 5. The maximum atomic E-state index is 6.13. The Morgan fingerprint density at radius 3 is 2.95 bits per heavy atom. The number of nitrogens with one attached hydrogen (secondary N) is 1. The van der Waals surface area contributed by atoms with Gasteiger partial charge in [-0.05, 0) is 63.0 Å². The minimum Gasteiger partial charge on any atom is -0.378 e. The predicted molar refractivity (Wildman–Crippen MR) is 87.3 cm³/mol. The van der Waals surface area contributed by atoms with Gasteiger partial charge < -0.3 is 9.47 Å². The summed E-state index contributed by atoms with van der Waals surface area (Å²) >= 11 is 2.04. The van der Waals surface area contributed by atoms with E-state index in [9.17, 15) is 0 Å². The molecule has 3 N–H and O–H groups in total. The number of thioether (sulfide) groups is 1. The lowest BCUT2D eigenvalue weighted by atomic mass is 9.79. The van der Waals surface area contributed by atoms with E-state index >= 15 is 0 Å². The first-order chi connectivity index (χ1) is 10.3. The van der Waals surface area contributed by atoms with Crippen LogP contribution >= 0.6 is 11.8 Å². The molecular weight excluding hydrogens is 284 g/mol. The lowest BCUT2D eigenvalue weighted by Gasteiger charge is -2.41. The summed E-state index contributed by atoms with van der Waals surface area (Å²) < 4.78 is 12.0. The first-order valence-corrected chi connectivity index (χ1v) is 9.76. The molecule has 3 fully saturated rings. The largest absolute Gasteiger partial charge is 0.378 e. The molecule has 0 amide bonds. The molecule has 1 spiro atoms. The van der Waals surface area contributed by atoms with Gasteiger partial charge in [-0.1, -0.05) is 0 Å². The minimum absolute atomic E-state index is 0.157. The third-order valence-electron chi connectivity index (χ3n) is 5.45. The van der Waals surface area contributed by atoms with Crippen molar-refractivity contribution in [3.8, 4) is 0 Å². The lowest BCUT2D eigenvalue weighted by Crippen LogP contribution is -2.49. The van der Waals surface area contributed by atoms with E-state index in [0.717, 1.165) is 32.5 Å². The average molecular weight is 314 g/mol. The summed E-state index contributed by atoms with van der Waals surface area (Å²) in [5.41, 5.74) is 3.26. The molecule has 5 heteroatoms. The van der Waals surface area contributed by atoms with Crippen LogP contribution in [0.3, 0.4) is 0 Å². The molecule has 0 aromatic carbocycles. The van der Waals surface area contributed by atoms with Crippen LogP contribution in [0, 0.1) is 5.92 Å². The molecule has 0 saturated carbocycles. The van der Waals surface area contributed by atoms with Crippen molar-refractivity contribution in [2.45, 2.75) is 69.1 Å². The van der Waals surface area contributed by atoms with Gasteiger partial charge >= 0.3 is 0 Å². The number of hydrogen-bond donors (Lipinski definition) is 2. The van der Waals surface area contributed by atoms with E-state index in [-0.39, 0.29) is 5.60 Å². The van der Waals surface area contributed by atoms with E-state index in [1.165, 1.54) is 43.6 Å². The van der Waals surface area contributed by atoms with Crippen LogP contribution in [0.1, 0.15) is 51.4 Å². The third-order valence-corrected chi connectivity index (χ3v) is 6.68. The van der Waals surface area contributed by atoms with Crippen molar-refractivity contribution in [3.63, 3.8) is 0 Å². The molecule has 3 heterocycles. The maximum absolute atomic E-state index is 6.13. The number of ether oxygens (including phenoxy) is 2. The highest BCUT2D eigenvalue weighted by Gasteiger charge is 2.42. The highest BCUT2D eigenvalue weighted by atomic mass is 32.2. The second-order valence-electron chi connectivity index (χ2n) is 6.93. The first-order valence-electron chi connectivity index (χ1n) is 8.61. The van der Waals surface area contributed by atoms with Crippen molar-refractivity contribution in [1.29, 1.82) is 0 Å². The van der Waals surface area contributed by atoms with E-state index < -0.39 is 0 Å². The molecule has 122 valence electrons. The SMILES string of the molecule is NNC(CCC1CCCCO1)C1CCOC2(CCSC2)C1. The van der Waals surface area contributed by atoms with Crippen LogP contribution in [-0.2, 0) is 9.47 Å². The summed E-state index contributed by atoms with van der Waals surface area (Å²) in [6.45, 7) is 1.85. The normalized spacial score (nSPS) is 38.7. The summed E-state index contributed by atoms with van der Waals surface area (Å²) in [6.07, 6.45) is 10.1. The second kappa shape index (κ2) is 7.64. The Balaban J connectivity index is 1.50. The Bertz CT molecular complexity index is 317. The second-order valence-corrected chi connectivity index (χ2v) is 8.03. The van der Waals surface area contributed by atoms with Gasteiger partial charge in [0.05, 0.1) is 11.7 Å². The van der Waals surface area contributed by atoms with Crippen LogP contribution < -0.4 is 11.3 Å². The first kappa shape index (κ1) is 16.1. The van der Waals surface area contributed by atoms with Gasteiger partial charge in [0, 0.05) is 25.0 Å². The van der Waals surface area contributed by atoms with Gasteiger partial charge in [0.2, 0.25) is 0 Å². The van der Waals surface area contributed by atoms with Crippen LogP contribution in [0.4, 0.5) is 0 Å². The molecule has 3 aliphatic rings. The van der Waals surface area contributed by atoms with Crippen LogP contribution in [0.5, 0.6) is 0 Å². The Morgan fingerprint density at radius 1 is 1.29 bits per heavy atom. The fourth-order valence-electron chi connectivity index (χ4n) is 4.13. The number of hydrazine groups is 1. The lowest BCUT2D eigenvalue weighted by molar-refractivity contribution is -0.0864. The zero-order chi connectivity index (χ0) is 14.5. The van der Waals surface area contributed by atoms with E-state index in [0.29, 0.717) is 18.1 Å². The van der Waals surface area contributed by atoms with Crippen molar-refractivity contribution < 1.29 is 9.47 Å². The zero-order valence-corrected chi connectivity index (χ0v) is 13.8. The topological polar surface area (TPSA) is 56.5 Å². The summed E-state index contributed by atoms with van der Waals surface area (Å²) in [5.74, 6) is 8.95. The Labute approximate surface area is 132 Å². The molecule has 0 aliphatic carbocycles. The fraction of sp³-hybridized carbons (Fsp3) is 1.00. The Kier molecular flexibility index (Phi) is 5.85. The average Bonchev–Trinajstić information content (AvgIpc) is 2.97. The van der Waals surface area contributed by atoms with Crippen LogP contribution in [-0.4, -0.2) is 42.5 Å². The molecular formula is C16H30N2O2S. The van der Waals surface area contributed by atoms with Crippen molar-refractivity contribution in [3.05, 3.63) is 0 Å². The smallest absolute Gasteiger partial charge is 0.0783 e. The Morgan fingerprint density at radius 2 is 2.24 bits per heavy atom. The van der Waals surface area contributed by atoms with Gasteiger partial charge in [-0.3, -0.25) is 11.3 Å². The standard InChI is InChI=1S/C16H30N2O2S/c17-18-15(5-4-14-3-1-2-8-19-14)13-6-9-20-16(11-13)7-10-21-12-16/h13-15,18H,1-12,17H2. The molecule has 21 heavy (non-hydrogen) atoms. The van der Waals surface area contributed by atoms with Gasteiger partial charge in [-0.15, -0.1) is 0 Å². The van der Waals surface area contributed by atoms with Crippen LogP contribution in [0.25, 0.3) is 0 Å². The van der Waals surface area contributed by atoms with Gasteiger partial charge in [0.25, 0.3) is 0 Å². The summed E-state index contributed by atoms with van der Waals surface area (Å²) in [7, 11) is 0. The molecule has 4 nitrogen and oxygen atoms in total. The third kappa shape index (κ3) is 4.14. The molecule has 4 atom stereocenters. The highest BCUT2D eigenvalue weighted by molar-refractivity contribution is 7.99. The monoisotopic (exact) mass is 314 g/mol. The molecule has 3 rings (SSSR count). The van der Waals surface area contributed by atoms with E-state index in [1.54, 1.807) is 0 Å². The van der Waals surface area contributed by atoms with Crippen LogP contribution in [0.15, 0.2) is 0 Å². The molecule has 3 saturated heterocycles. The maximum Gasteiger partial charge on any atom is 0.0783 e. The molecule has 0 aromatic rings.